The molecule has 0 aliphatic carbocycles. The van der Waals surface area contributed by atoms with Gasteiger partial charge in [0.2, 0.25) is 0 Å². The smallest absolute Gasteiger partial charge is 0.0839 e. The van der Waals surface area contributed by atoms with Gasteiger partial charge < -0.3 is 5.73 Å². The van der Waals surface area contributed by atoms with E-state index in [9.17, 15) is 0 Å². The highest BCUT2D eigenvalue weighted by molar-refractivity contribution is 7.19. The van der Waals surface area contributed by atoms with Crippen LogP contribution < -0.4 is 5.73 Å². The number of rotatable bonds is 4. The Morgan fingerprint density at radius 2 is 2.16 bits per heavy atom. The van der Waals surface area contributed by atoms with Gasteiger partial charge in [0, 0.05) is 27.6 Å². The molecule has 0 aliphatic rings. The third-order valence-electron chi connectivity index (χ3n) is 2.89. The molecule has 1 aromatic carbocycles. The predicted octanol–water partition coefficient (Wildman–Crippen LogP) is 2.70. The molecule has 0 atom stereocenters. The first kappa shape index (κ1) is 12.6. The van der Waals surface area contributed by atoms with Crippen LogP contribution in [-0.2, 0) is 13.0 Å². The standard InChI is InChI=1S/C13H13ClN4S/c14-13-10-3-1-2-4-11(10)19-12(13)8-18-7-9(5-6-15)16-17-18/h1-4,7H,5-6,8,15H2. The number of aromatic nitrogens is 3. The molecule has 0 fully saturated rings. The predicted molar refractivity (Wildman–Crippen MR) is 78.7 cm³/mol. The van der Waals surface area contributed by atoms with Crippen molar-refractivity contribution in [2.75, 3.05) is 6.54 Å². The molecule has 3 aromatic rings. The SMILES string of the molecule is NCCc1cn(Cc2sc3ccccc3c2Cl)nn1. The number of nitrogens with two attached hydrogens (primary N) is 1. The molecule has 0 amide bonds. The van der Waals surface area contributed by atoms with Crippen molar-refractivity contribution >= 4 is 33.0 Å². The Kier molecular flexibility index (Phi) is 3.50. The van der Waals surface area contributed by atoms with E-state index in [0.717, 1.165) is 27.4 Å². The largest absolute Gasteiger partial charge is 0.330 e. The van der Waals surface area contributed by atoms with Crippen molar-refractivity contribution < 1.29 is 0 Å². The number of hydrogen-bond acceptors (Lipinski definition) is 4. The van der Waals surface area contributed by atoms with E-state index >= 15 is 0 Å². The summed E-state index contributed by atoms with van der Waals surface area (Å²) in [7, 11) is 0. The molecule has 0 spiro atoms. The third kappa shape index (κ3) is 2.49. The molecule has 0 aliphatic heterocycles. The Hall–Kier alpha value is -1.43. The van der Waals surface area contributed by atoms with Gasteiger partial charge in [-0.3, -0.25) is 0 Å². The minimum atomic E-state index is 0.586. The molecule has 2 N–H and O–H groups in total. The van der Waals surface area contributed by atoms with Gasteiger partial charge in [-0.25, -0.2) is 4.68 Å². The quantitative estimate of drug-likeness (QED) is 0.804. The Labute approximate surface area is 119 Å². The van der Waals surface area contributed by atoms with Gasteiger partial charge in [-0.05, 0) is 12.6 Å². The van der Waals surface area contributed by atoms with Gasteiger partial charge in [0.05, 0.1) is 17.3 Å². The van der Waals surface area contributed by atoms with Crippen LogP contribution in [0.1, 0.15) is 10.6 Å². The molecular weight excluding hydrogens is 280 g/mol. The maximum Gasteiger partial charge on any atom is 0.0839 e. The lowest BCUT2D eigenvalue weighted by molar-refractivity contribution is 0.655. The summed E-state index contributed by atoms with van der Waals surface area (Å²) in [6, 6.07) is 8.14. The molecule has 0 bridgehead atoms. The number of nitrogens with zero attached hydrogens (tertiary/aromatic N) is 3. The first-order valence-electron chi connectivity index (χ1n) is 6.03. The summed E-state index contributed by atoms with van der Waals surface area (Å²) in [5.41, 5.74) is 6.42. The zero-order valence-corrected chi connectivity index (χ0v) is 11.8. The lowest BCUT2D eigenvalue weighted by Gasteiger charge is -1.97. The van der Waals surface area contributed by atoms with Crippen molar-refractivity contribution in [1.29, 1.82) is 0 Å². The minimum Gasteiger partial charge on any atom is -0.330 e. The lowest BCUT2D eigenvalue weighted by Crippen LogP contribution is -2.02. The van der Waals surface area contributed by atoms with Crippen molar-refractivity contribution in [2.45, 2.75) is 13.0 Å². The molecule has 0 saturated heterocycles. The molecular formula is C13H13ClN4S. The second-order valence-corrected chi connectivity index (χ2v) is 5.80. The topological polar surface area (TPSA) is 56.7 Å². The van der Waals surface area contributed by atoms with E-state index in [4.69, 9.17) is 17.3 Å². The van der Waals surface area contributed by atoms with E-state index in [-0.39, 0.29) is 0 Å². The van der Waals surface area contributed by atoms with Gasteiger partial charge in [0.15, 0.2) is 0 Å². The molecule has 0 radical (unpaired) electrons. The normalized spacial score (nSPS) is 11.3. The van der Waals surface area contributed by atoms with Crippen LogP contribution in [0.3, 0.4) is 0 Å². The van der Waals surface area contributed by atoms with E-state index in [2.05, 4.69) is 16.4 Å². The van der Waals surface area contributed by atoms with Gasteiger partial charge in [-0.1, -0.05) is 35.0 Å². The number of fused-ring (bicyclic) bond motifs is 1. The van der Waals surface area contributed by atoms with Crippen LogP contribution in [0, 0.1) is 0 Å². The highest BCUT2D eigenvalue weighted by Crippen LogP contribution is 2.35. The van der Waals surface area contributed by atoms with E-state index in [1.165, 1.54) is 4.70 Å². The second kappa shape index (κ2) is 5.28. The van der Waals surface area contributed by atoms with E-state index in [1.54, 1.807) is 11.3 Å². The first-order chi connectivity index (χ1) is 9.28. The van der Waals surface area contributed by atoms with Crippen LogP contribution in [0.15, 0.2) is 30.5 Å². The van der Waals surface area contributed by atoms with Gasteiger partial charge in [-0.15, -0.1) is 16.4 Å². The molecule has 0 unspecified atom stereocenters. The molecule has 19 heavy (non-hydrogen) atoms. The number of benzene rings is 1. The molecule has 4 nitrogen and oxygen atoms in total. The third-order valence-corrected chi connectivity index (χ3v) is 4.59. The van der Waals surface area contributed by atoms with Gasteiger partial charge in [0.25, 0.3) is 0 Å². The maximum atomic E-state index is 6.40. The fourth-order valence-corrected chi connectivity index (χ4v) is 3.48. The average Bonchev–Trinajstić information content (AvgIpc) is 2.97. The van der Waals surface area contributed by atoms with Crippen molar-refractivity contribution in [1.82, 2.24) is 15.0 Å². The Morgan fingerprint density at radius 1 is 1.32 bits per heavy atom. The summed E-state index contributed by atoms with van der Waals surface area (Å²) in [5, 5.41) is 10.1. The molecule has 0 saturated carbocycles. The van der Waals surface area contributed by atoms with E-state index < -0.39 is 0 Å². The average molecular weight is 293 g/mol. The van der Waals surface area contributed by atoms with Crippen molar-refractivity contribution in [3.8, 4) is 0 Å². The van der Waals surface area contributed by atoms with E-state index in [0.29, 0.717) is 13.1 Å². The van der Waals surface area contributed by atoms with Gasteiger partial charge in [0.1, 0.15) is 0 Å². The van der Waals surface area contributed by atoms with Gasteiger partial charge >= 0.3 is 0 Å². The van der Waals surface area contributed by atoms with Crippen molar-refractivity contribution in [3.05, 3.63) is 46.1 Å². The van der Waals surface area contributed by atoms with Crippen molar-refractivity contribution in [2.24, 2.45) is 5.73 Å². The summed E-state index contributed by atoms with van der Waals surface area (Å²) in [5.74, 6) is 0. The van der Waals surface area contributed by atoms with Crippen molar-refractivity contribution in [3.63, 3.8) is 0 Å². The summed E-state index contributed by atoms with van der Waals surface area (Å²) in [6.07, 6.45) is 2.67. The lowest BCUT2D eigenvalue weighted by atomic mass is 10.2. The summed E-state index contributed by atoms with van der Waals surface area (Å²) >= 11 is 8.10. The molecule has 2 aromatic heterocycles. The summed E-state index contributed by atoms with van der Waals surface area (Å²) < 4.78 is 3.01. The van der Waals surface area contributed by atoms with Crippen LogP contribution in [0.2, 0.25) is 5.02 Å². The Bertz CT molecular complexity index is 704. The van der Waals surface area contributed by atoms with Crippen LogP contribution in [0.4, 0.5) is 0 Å². The number of hydrogen-bond donors (Lipinski definition) is 1. The van der Waals surface area contributed by atoms with Crippen LogP contribution >= 0.6 is 22.9 Å². The maximum absolute atomic E-state index is 6.40. The molecule has 3 rings (SSSR count). The Morgan fingerprint density at radius 3 is 2.95 bits per heavy atom. The summed E-state index contributed by atoms with van der Waals surface area (Å²) in [6.45, 7) is 1.23. The zero-order chi connectivity index (χ0) is 13.2. The monoisotopic (exact) mass is 292 g/mol. The molecule has 2 heterocycles. The number of thiophene rings is 1. The highest BCUT2D eigenvalue weighted by atomic mass is 35.5. The van der Waals surface area contributed by atoms with Crippen LogP contribution in [0.25, 0.3) is 10.1 Å². The molecule has 98 valence electrons. The first-order valence-corrected chi connectivity index (χ1v) is 7.22. The fourth-order valence-electron chi connectivity index (χ4n) is 1.99. The Balaban J connectivity index is 1.89. The summed E-state index contributed by atoms with van der Waals surface area (Å²) in [4.78, 5) is 1.10. The van der Waals surface area contributed by atoms with Gasteiger partial charge in [-0.2, -0.15) is 0 Å². The van der Waals surface area contributed by atoms with Crippen LogP contribution in [-0.4, -0.2) is 21.5 Å². The molecule has 6 heteroatoms. The van der Waals surface area contributed by atoms with Crippen LogP contribution in [0.5, 0.6) is 0 Å². The highest BCUT2D eigenvalue weighted by Gasteiger charge is 2.11. The number of halogens is 1. The fraction of sp³-hybridized carbons (Fsp3) is 0.231. The zero-order valence-electron chi connectivity index (χ0n) is 10.2. The minimum absolute atomic E-state index is 0.586. The van der Waals surface area contributed by atoms with E-state index in [1.807, 2.05) is 29.1 Å². The second-order valence-electron chi connectivity index (χ2n) is 4.28.